The third kappa shape index (κ3) is 2.86. The highest BCUT2D eigenvalue weighted by molar-refractivity contribution is 5.56. The molecule has 0 fully saturated rings. The first-order valence-electron chi connectivity index (χ1n) is 7.88. The van der Waals surface area contributed by atoms with Gasteiger partial charge >= 0.3 is 5.69 Å². The molecule has 3 aromatic heterocycles. The van der Waals surface area contributed by atoms with Crippen LogP contribution >= 0.6 is 0 Å². The van der Waals surface area contributed by atoms with Gasteiger partial charge in [0.25, 0.3) is 5.89 Å². The number of hydrogen-bond acceptors (Lipinski definition) is 6. The van der Waals surface area contributed by atoms with Crippen LogP contribution in [0.3, 0.4) is 0 Å². The number of hydrogen-bond donors (Lipinski definition) is 0. The zero-order chi connectivity index (χ0) is 18.1. The van der Waals surface area contributed by atoms with E-state index < -0.39 is 11.0 Å². The molecule has 1 atom stereocenters. The van der Waals surface area contributed by atoms with Crippen LogP contribution in [0.5, 0.6) is 0 Å². The summed E-state index contributed by atoms with van der Waals surface area (Å²) in [5.41, 5.74) is 1.76. The van der Waals surface area contributed by atoms with Gasteiger partial charge in [-0.2, -0.15) is 10.1 Å². The summed E-state index contributed by atoms with van der Waals surface area (Å²) in [5.74, 6) is 0.778. The van der Waals surface area contributed by atoms with Crippen molar-refractivity contribution in [2.24, 2.45) is 0 Å². The molecule has 0 saturated heterocycles. The molecule has 0 N–H and O–H groups in total. The molecule has 0 radical (unpaired) electrons. The Morgan fingerprint density at radius 3 is 2.58 bits per heavy atom. The lowest BCUT2D eigenvalue weighted by Gasteiger charge is -2.05. The van der Waals surface area contributed by atoms with E-state index in [4.69, 9.17) is 4.52 Å². The van der Waals surface area contributed by atoms with Crippen molar-refractivity contribution in [3.05, 3.63) is 77.2 Å². The van der Waals surface area contributed by atoms with E-state index in [1.165, 1.54) is 17.1 Å². The second kappa shape index (κ2) is 6.28. The molecule has 130 valence electrons. The Balaban J connectivity index is 1.56. The van der Waals surface area contributed by atoms with Crippen molar-refractivity contribution in [2.75, 3.05) is 0 Å². The Kier molecular flexibility index (Phi) is 3.81. The molecule has 9 heteroatoms. The lowest BCUT2D eigenvalue weighted by molar-refractivity contribution is -0.385. The van der Waals surface area contributed by atoms with Gasteiger partial charge in [0.05, 0.1) is 4.92 Å². The molecule has 0 saturated carbocycles. The Hall–Kier alpha value is -3.75. The van der Waals surface area contributed by atoms with Gasteiger partial charge in [-0.1, -0.05) is 5.16 Å². The van der Waals surface area contributed by atoms with Crippen LogP contribution in [0.1, 0.15) is 18.9 Å². The van der Waals surface area contributed by atoms with Crippen LogP contribution in [-0.2, 0) is 0 Å². The van der Waals surface area contributed by atoms with Gasteiger partial charge in [0.1, 0.15) is 18.4 Å². The lowest BCUT2D eigenvalue weighted by atomic mass is 10.2. The highest BCUT2D eigenvalue weighted by Crippen LogP contribution is 2.23. The highest BCUT2D eigenvalue weighted by atomic mass is 16.6. The van der Waals surface area contributed by atoms with E-state index in [1.54, 1.807) is 6.92 Å². The van der Waals surface area contributed by atoms with Crippen molar-refractivity contribution in [3.8, 4) is 17.1 Å². The zero-order valence-electron chi connectivity index (χ0n) is 13.8. The number of aromatic nitrogens is 5. The predicted molar refractivity (Wildman–Crippen MR) is 91.8 cm³/mol. The molecule has 0 aliphatic rings. The van der Waals surface area contributed by atoms with Crippen molar-refractivity contribution in [2.45, 2.75) is 13.0 Å². The summed E-state index contributed by atoms with van der Waals surface area (Å²) in [7, 11) is 0. The van der Waals surface area contributed by atoms with Crippen LogP contribution in [0.25, 0.3) is 17.1 Å². The van der Waals surface area contributed by atoms with E-state index >= 15 is 0 Å². The molecule has 0 aliphatic carbocycles. The van der Waals surface area contributed by atoms with Gasteiger partial charge in [-0.15, -0.1) is 0 Å². The van der Waals surface area contributed by atoms with Crippen LogP contribution in [0.2, 0.25) is 0 Å². The van der Waals surface area contributed by atoms with E-state index in [1.807, 2.05) is 53.4 Å². The molecule has 0 bridgehead atoms. The van der Waals surface area contributed by atoms with Crippen LogP contribution in [0, 0.1) is 10.1 Å². The fourth-order valence-corrected chi connectivity index (χ4v) is 2.56. The van der Waals surface area contributed by atoms with E-state index in [0.29, 0.717) is 11.7 Å². The van der Waals surface area contributed by atoms with Crippen molar-refractivity contribution < 1.29 is 9.45 Å². The summed E-state index contributed by atoms with van der Waals surface area (Å²) in [4.78, 5) is 14.7. The van der Waals surface area contributed by atoms with E-state index in [2.05, 4.69) is 15.2 Å². The standard InChI is InChI=1S/C17H14N6O3/c1-12(22-11-15(10-18-22)23(24)25)17-19-16(20-26-17)13-4-6-14(7-5-13)21-8-2-3-9-21/h2-12H,1H3. The third-order valence-electron chi connectivity index (χ3n) is 4.02. The first-order valence-corrected chi connectivity index (χ1v) is 7.88. The molecule has 4 aromatic rings. The normalized spacial score (nSPS) is 12.2. The molecule has 1 unspecified atom stereocenters. The Labute approximate surface area is 147 Å². The van der Waals surface area contributed by atoms with Crippen molar-refractivity contribution in [1.82, 2.24) is 24.5 Å². The lowest BCUT2D eigenvalue weighted by Crippen LogP contribution is -2.07. The number of nitrogens with zero attached hydrogens (tertiary/aromatic N) is 6. The minimum absolute atomic E-state index is 0.0859. The number of rotatable bonds is 5. The Bertz CT molecular complexity index is 1030. The summed E-state index contributed by atoms with van der Waals surface area (Å²) in [6, 6.07) is 11.3. The van der Waals surface area contributed by atoms with Gasteiger partial charge in [0, 0.05) is 23.6 Å². The van der Waals surface area contributed by atoms with Gasteiger partial charge < -0.3 is 9.09 Å². The summed E-state index contributed by atoms with van der Waals surface area (Å²) < 4.78 is 8.73. The molecule has 9 nitrogen and oxygen atoms in total. The van der Waals surface area contributed by atoms with Crippen LogP contribution in [0.4, 0.5) is 5.69 Å². The number of benzene rings is 1. The zero-order valence-corrected chi connectivity index (χ0v) is 13.8. The van der Waals surface area contributed by atoms with Gasteiger partial charge in [0.15, 0.2) is 0 Å². The van der Waals surface area contributed by atoms with Gasteiger partial charge in [-0.3, -0.25) is 14.8 Å². The average molecular weight is 350 g/mol. The number of nitro groups is 1. The monoisotopic (exact) mass is 350 g/mol. The first kappa shape index (κ1) is 15.8. The quantitative estimate of drug-likeness (QED) is 0.404. The smallest absolute Gasteiger partial charge is 0.307 e. The van der Waals surface area contributed by atoms with Gasteiger partial charge in [-0.25, -0.2) is 0 Å². The van der Waals surface area contributed by atoms with Crippen LogP contribution in [0.15, 0.2) is 65.7 Å². The molecule has 3 heterocycles. The summed E-state index contributed by atoms with van der Waals surface area (Å²) in [5, 5.41) is 18.8. The first-order chi connectivity index (χ1) is 12.6. The molecular weight excluding hydrogens is 336 g/mol. The maximum Gasteiger partial charge on any atom is 0.307 e. The van der Waals surface area contributed by atoms with Crippen molar-refractivity contribution in [1.29, 1.82) is 0 Å². The maximum absolute atomic E-state index is 10.8. The van der Waals surface area contributed by atoms with Crippen molar-refractivity contribution in [3.63, 3.8) is 0 Å². The topological polar surface area (TPSA) is 105 Å². The maximum atomic E-state index is 10.8. The summed E-state index contributed by atoms with van der Waals surface area (Å²) in [6.45, 7) is 1.78. The predicted octanol–water partition coefficient (Wildman–Crippen LogP) is 3.24. The van der Waals surface area contributed by atoms with Crippen LogP contribution < -0.4 is 0 Å². The molecule has 4 rings (SSSR count). The molecule has 0 aliphatic heterocycles. The van der Waals surface area contributed by atoms with Gasteiger partial charge in [-0.05, 0) is 43.3 Å². The SMILES string of the molecule is CC(c1nc(-c2ccc(-n3cccc3)cc2)no1)n1cc([N+](=O)[O-])cn1. The molecule has 1 aromatic carbocycles. The fourth-order valence-electron chi connectivity index (χ4n) is 2.56. The largest absolute Gasteiger partial charge is 0.337 e. The van der Waals surface area contributed by atoms with E-state index in [9.17, 15) is 10.1 Å². The average Bonchev–Trinajstić information content (AvgIpc) is 3.42. The second-order valence-electron chi connectivity index (χ2n) is 5.71. The minimum Gasteiger partial charge on any atom is -0.337 e. The minimum atomic E-state index is -0.498. The fraction of sp³-hybridized carbons (Fsp3) is 0.118. The van der Waals surface area contributed by atoms with E-state index in [-0.39, 0.29) is 5.69 Å². The molecular formula is C17H14N6O3. The highest BCUT2D eigenvalue weighted by Gasteiger charge is 2.20. The second-order valence-corrected chi connectivity index (χ2v) is 5.71. The Morgan fingerprint density at radius 2 is 1.92 bits per heavy atom. The third-order valence-corrected chi connectivity index (χ3v) is 4.02. The van der Waals surface area contributed by atoms with Crippen molar-refractivity contribution >= 4 is 5.69 Å². The summed E-state index contributed by atoms with van der Waals surface area (Å²) in [6.07, 6.45) is 6.45. The molecule has 0 amide bonds. The van der Waals surface area contributed by atoms with E-state index in [0.717, 1.165) is 11.3 Å². The van der Waals surface area contributed by atoms with Crippen LogP contribution in [-0.4, -0.2) is 29.4 Å². The summed E-state index contributed by atoms with van der Waals surface area (Å²) >= 11 is 0. The molecule has 0 spiro atoms. The van der Waals surface area contributed by atoms with Gasteiger partial charge in [0.2, 0.25) is 5.82 Å². The molecule has 26 heavy (non-hydrogen) atoms. The Morgan fingerprint density at radius 1 is 1.19 bits per heavy atom.